The summed E-state index contributed by atoms with van der Waals surface area (Å²) < 4.78 is 0. The molecule has 33 heavy (non-hydrogen) atoms. The standard InChI is InChI=1S/C29H32P4/c1-31-26-14-8-23(9-15-26)29(22-6-4-21(20-30)5-7-22,24-10-16-27(32-2)17-11-24)25-12-18-28(33-3)19-13-25/h4-19,31-33H,20,30H2,1-3H3. The zero-order chi connectivity index (χ0) is 23.3. The fourth-order valence-corrected chi connectivity index (χ4v) is 6.32. The highest BCUT2D eigenvalue weighted by Crippen LogP contribution is 2.45. The highest BCUT2D eigenvalue weighted by molar-refractivity contribution is 7.46. The Hall–Kier alpha value is -1.40. The van der Waals surface area contributed by atoms with Gasteiger partial charge in [-0.2, -0.15) is 0 Å². The Morgan fingerprint density at radius 3 is 1.00 bits per heavy atom. The van der Waals surface area contributed by atoms with Crippen molar-refractivity contribution in [2.45, 2.75) is 11.6 Å². The topological polar surface area (TPSA) is 0 Å². The lowest BCUT2D eigenvalue weighted by Gasteiger charge is -2.37. The normalized spacial score (nSPS) is 14.1. The second-order valence-electron chi connectivity index (χ2n) is 8.13. The van der Waals surface area contributed by atoms with E-state index in [1.807, 2.05) is 0 Å². The van der Waals surface area contributed by atoms with Crippen LogP contribution in [0.25, 0.3) is 0 Å². The Bertz CT molecular complexity index is 967. The van der Waals surface area contributed by atoms with Crippen LogP contribution in [-0.2, 0) is 11.6 Å². The van der Waals surface area contributed by atoms with Crippen molar-refractivity contribution in [3.8, 4) is 0 Å². The maximum atomic E-state index is 2.84. The summed E-state index contributed by atoms with van der Waals surface area (Å²) in [4.78, 5) is 0. The van der Waals surface area contributed by atoms with E-state index in [1.165, 1.54) is 43.7 Å². The first-order valence-corrected chi connectivity index (χ1v) is 16.6. The maximum Gasteiger partial charge on any atom is 0.0701 e. The first-order valence-electron chi connectivity index (χ1n) is 11.3. The molecule has 0 saturated heterocycles. The highest BCUT2D eigenvalue weighted by Gasteiger charge is 2.38. The van der Waals surface area contributed by atoms with Crippen molar-refractivity contribution in [2.24, 2.45) is 0 Å². The van der Waals surface area contributed by atoms with Gasteiger partial charge in [-0.25, -0.2) is 0 Å². The van der Waals surface area contributed by atoms with Gasteiger partial charge < -0.3 is 0 Å². The van der Waals surface area contributed by atoms with E-state index < -0.39 is 0 Å². The summed E-state index contributed by atoms with van der Waals surface area (Å²) in [6, 6.07) is 37.2. The van der Waals surface area contributed by atoms with Gasteiger partial charge in [-0.05, 0) is 69.9 Å². The van der Waals surface area contributed by atoms with Crippen molar-refractivity contribution < 1.29 is 0 Å². The summed E-state index contributed by atoms with van der Waals surface area (Å²) in [6.07, 6.45) is 0.970. The van der Waals surface area contributed by atoms with Gasteiger partial charge in [0.15, 0.2) is 0 Å². The van der Waals surface area contributed by atoms with Gasteiger partial charge in [0.2, 0.25) is 0 Å². The highest BCUT2D eigenvalue weighted by atomic mass is 31.1. The van der Waals surface area contributed by atoms with Gasteiger partial charge in [0.05, 0.1) is 5.41 Å². The van der Waals surface area contributed by atoms with Crippen LogP contribution in [0.1, 0.15) is 27.8 Å². The van der Waals surface area contributed by atoms with Gasteiger partial charge in [-0.15, -0.1) is 9.24 Å². The van der Waals surface area contributed by atoms with Gasteiger partial charge >= 0.3 is 0 Å². The number of benzene rings is 4. The molecule has 0 bridgehead atoms. The summed E-state index contributed by atoms with van der Waals surface area (Å²) >= 11 is 0. The summed E-state index contributed by atoms with van der Waals surface area (Å²) in [5, 5.41) is 4.20. The Morgan fingerprint density at radius 1 is 0.485 bits per heavy atom. The molecule has 0 N–H and O–H groups in total. The molecular formula is C29H32P4. The largest absolute Gasteiger partial charge is 0.133 e. The van der Waals surface area contributed by atoms with E-state index in [4.69, 9.17) is 0 Å². The Morgan fingerprint density at radius 2 is 0.758 bits per heavy atom. The van der Waals surface area contributed by atoms with Crippen LogP contribution in [0.4, 0.5) is 0 Å². The predicted molar refractivity (Wildman–Crippen MR) is 160 cm³/mol. The molecule has 0 heterocycles. The monoisotopic (exact) mass is 504 g/mol. The molecule has 4 unspecified atom stereocenters. The molecule has 0 spiro atoms. The fourth-order valence-electron chi connectivity index (χ4n) is 4.55. The van der Waals surface area contributed by atoms with Crippen LogP contribution in [0, 0.1) is 0 Å². The van der Waals surface area contributed by atoms with Gasteiger partial charge in [-0.3, -0.25) is 0 Å². The molecule has 4 rings (SSSR count). The van der Waals surface area contributed by atoms with Crippen LogP contribution in [0.3, 0.4) is 0 Å². The van der Waals surface area contributed by atoms with Gasteiger partial charge in [0.25, 0.3) is 0 Å². The molecule has 0 amide bonds. The third kappa shape index (κ3) is 5.02. The van der Waals surface area contributed by atoms with E-state index in [0.29, 0.717) is 0 Å². The zero-order valence-corrected chi connectivity index (χ0v) is 23.7. The molecule has 4 atom stereocenters. The summed E-state index contributed by atoms with van der Waals surface area (Å²) in [5.74, 6) is 0. The third-order valence-corrected chi connectivity index (χ3v) is 9.65. The Balaban J connectivity index is 2.05. The average molecular weight is 504 g/mol. The minimum absolute atomic E-state index is 0.362. The molecule has 0 aromatic heterocycles. The van der Waals surface area contributed by atoms with Crippen molar-refractivity contribution in [1.29, 1.82) is 0 Å². The lowest BCUT2D eigenvalue weighted by atomic mass is 9.65. The second-order valence-corrected chi connectivity index (χ2v) is 11.8. The van der Waals surface area contributed by atoms with E-state index in [9.17, 15) is 0 Å². The molecule has 0 fully saturated rings. The Labute approximate surface area is 207 Å². The van der Waals surface area contributed by atoms with Crippen LogP contribution >= 0.6 is 35.0 Å². The molecule has 0 nitrogen and oxygen atoms in total. The van der Waals surface area contributed by atoms with Gasteiger partial charge in [0.1, 0.15) is 0 Å². The van der Waals surface area contributed by atoms with Crippen molar-refractivity contribution >= 4 is 50.9 Å². The molecule has 4 aromatic rings. The zero-order valence-electron chi connectivity index (χ0n) is 19.5. The van der Waals surface area contributed by atoms with Gasteiger partial charge in [0, 0.05) is 0 Å². The minimum atomic E-state index is -0.362. The van der Waals surface area contributed by atoms with Crippen molar-refractivity contribution in [1.82, 2.24) is 0 Å². The average Bonchev–Trinajstić information content (AvgIpc) is 2.90. The number of rotatable bonds is 8. The molecule has 4 aromatic carbocycles. The lowest BCUT2D eigenvalue weighted by molar-refractivity contribution is 0.745. The van der Waals surface area contributed by atoms with Crippen LogP contribution in [0.2, 0.25) is 0 Å². The maximum absolute atomic E-state index is 2.84. The van der Waals surface area contributed by atoms with Crippen LogP contribution in [0.5, 0.6) is 0 Å². The molecule has 0 aliphatic rings. The van der Waals surface area contributed by atoms with Crippen LogP contribution in [0.15, 0.2) is 97.1 Å². The first-order chi connectivity index (χ1) is 16.1. The molecule has 4 heteroatoms. The van der Waals surface area contributed by atoms with Crippen molar-refractivity contribution in [2.75, 3.05) is 20.0 Å². The molecule has 0 saturated carbocycles. The predicted octanol–water partition coefficient (Wildman–Crippen LogP) is 6.25. The third-order valence-electron chi connectivity index (χ3n) is 6.44. The van der Waals surface area contributed by atoms with E-state index >= 15 is 0 Å². The van der Waals surface area contributed by atoms with E-state index in [0.717, 1.165) is 31.9 Å². The van der Waals surface area contributed by atoms with E-state index in [1.54, 1.807) is 0 Å². The molecule has 0 aliphatic carbocycles. The quantitative estimate of drug-likeness (QED) is 0.197. The number of hydrogen-bond donors (Lipinski definition) is 0. The van der Waals surface area contributed by atoms with Crippen molar-refractivity contribution in [3.63, 3.8) is 0 Å². The smallest absolute Gasteiger partial charge is 0.0701 e. The molecular weight excluding hydrogens is 472 g/mol. The molecule has 0 aliphatic heterocycles. The summed E-state index contributed by atoms with van der Waals surface area (Å²) in [6.45, 7) is 6.74. The lowest BCUT2D eigenvalue weighted by Crippen LogP contribution is -2.31. The second kappa shape index (κ2) is 11.4. The van der Waals surface area contributed by atoms with Crippen LogP contribution in [-0.4, -0.2) is 20.0 Å². The Kier molecular flexibility index (Phi) is 8.50. The molecule has 168 valence electrons. The number of hydrogen-bond acceptors (Lipinski definition) is 0. The van der Waals surface area contributed by atoms with E-state index in [2.05, 4.69) is 126 Å². The van der Waals surface area contributed by atoms with Crippen LogP contribution < -0.4 is 15.9 Å². The SMILES string of the molecule is CPc1ccc(C(c2ccc(CP)cc2)(c2ccc(PC)cc2)c2ccc(PC)cc2)cc1. The fraction of sp³-hybridized carbons (Fsp3) is 0.172. The van der Waals surface area contributed by atoms with E-state index in [-0.39, 0.29) is 5.41 Å². The van der Waals surface area contributed by atoms with Crippen molar-refractivity contribution in [3.05, 3.63) is 125 Å². The summed E-state index contributed by atoms with van der Waals surface area (Å²) in [5.41, 5.74) is 6.25. The minimum Gasteiger partial charge on any atom is -0.133 e. The van der Waals surface area contributed by atoms with Gasteiger partial charge in [-0.1, -0.05) is 123 Å². The summed E-state index contributed by atoms with van der Waals surface area (Å²) in [7, 11) is 5.25. The molecule has 0 radical (unpaired) electrons. The first kappa shape index (κ1) is 24.7.